The third kappa shape index (κ3) is 7.02. The third-order valence-electron chi connectivity index (χ3n) is 7.11. The number of carbonyl (C=O) groups is 2. The van der Waals surface area contributed by atoms with E-state index in [1.165, 1.54) is 6.92 Å². The van der Waals surface area contributed by atoms with Crippen molar-refractivity contribution in [1.29, 1.82) is 0 Å². The monoisotopic (exact) mass is 619 g/mol. The predicted molar refractivity (Wildman–Crippen MR) is 157 cm³/mol. The summed E-state index contributed by atoms with van der Waals surface area (Å²) in [6.45, 7) is 9.44. The fourth-order valence-electron chi connectivity index (χ4n) is 5.46. The van der Waals surface area contributed by atoms with Gasteiger partial charge in [-0.3, -0.25) is 13.8 Å². The van der Waals surface area contributed by atoms with Crippen LogP contribution in [0.5, 0.6) is 0 Å². The smallest absolute Gasteiger partial charge is 0.305 e. The normalized spacial score (nSPS) is 23.5. The fourth-order valence-corrected chi connectivity index (χ4v) is 10.7. The maximum Gasteiger partial charge on any atom is 0.305 e. The summed E-state index contributed by atoms with van der Waals surface area (Å²) in [6, 6.07) is 17.9. The highest BCUT2D eigenvalue weighted by atomic mass is 32.2. The highest BCUT2D eigenvalue weighted by molar-refractivity contribution is 7.86. The lowest BCUT2D eigenvalue weighted by Crippen LogP contribution is -2.69. The maximum absolute atomic E-state index is 12.3. The van der Waals surface area contributed by atoms with E-state index in [0.29, 0.717) is 0 Å². The van der Waals surface area contributed by atoms with E-state index in [2.05, 4.69) is 10.0 Å². The molecule has 0 aliphatic carbocycles. The largest absolute Gasteiger partial charge is 0.455 e. The van der Waals surface area contributed by atoms with Crippen LogP contribution in [0.1, 0.15) is 41.5 Å². The van der Waals surface area contributed by atoms with E-state index in [1.54, 1.807) is 0 Å². The third-order valence-corrected chi connectivity index (χ3v) is 12.7. The molecule has 1 aliphatic heterocycles. The summed E-state index contributed by atoms with van der Waals surface area (Å²) in [4.78, 5) is 27.1. The lowest BCUT2D eigenvalue weighted by molar-refractivity contribution is -0.218. The van der Waals surface area contributed by atoms with E-state index < -0.39 is 65.6 Å². The van der Waals surface area contributed by atoms with Crippen molar-refractivity contribution in [2.24, 2.45) is 5.11 Å². The van der Waals surface area contributed by atoms with Crippen molar-refractivity contribution in [3.05, 3.63) is 71.1 Å². The first-order valence-electron chi connectivity index (χ1n) is 13.3. The minimum Gasteiger partial charge on any atom is -0.455 e. The zero-order chi connectivity index (χ0) is 31.3. The molecule has 0 N–H and O–H groups in total. The Morgan fingerprint density at radius 2 is 1.52 bits per heavy atom. The number of hydrogen-bond acceptors (Lipinski definition) is 10. The maximum atomic E-state index is 12.3. The van der Waals surface area contributed by atoms with Crippen LogP contribution in [-0.4, -0.2) is 71.7 Å². The van der Waals surface area contributed by atoms with E-state index in [9.17, 15) is 23.5 Å². The number of benzene rings is 2. The molecule has 228 valence electrons. The van der Waals surface area contributed by atoms with Crippen molar-refractivity contribution in [2.75, 3.05) is 12.9 Å². The van der Waals surface area contributed by atoms with E-state index in [0.717, 1.165) is 30.5 Å². The van der Waals surface area contributed by atoms with Crippen molar-refractivity contribution in [3.63, 3.8) is 0 Å². The SMILES string of the molecule is CC(=O)OC1O[C@@](CO[Si](c2ccccc2)(c2ccccc2)C(C)(C)C)(C(C)OS(C)(=O)=O)[C@@H](N=[N+]=[N-])[C@H]1OC(C)=O. The van der Waals surface area contributed by atoms with Crippen LogP contribution in [0.25, 0.3) is 10.4 Å². The summed E-state index contributed by atoms with van der Waals surface area (Å²) < 4.78 is 54.1. The Labute approximate surface area is 247 Å². The van der Waals surface area contributed by atoms with Gasteiger partial charge in [0.2, 0.25) is 6.29 Å². The van der Waals surface area contributed by atoms with Crippen LogP contribution in [0.4, 0.5) is 0 Å². The number of rotatable bonds is 11. The highest BCUT2D eigenvalue weighted by Crippen LogP contribution is 2.43. The molecule has 14 heteroatoms. The second-order valence-corrected chi connectivity index (χ2v) is 17.1. The van der Waals surface area contributed by atoms with Gasteiger partial charge in [0.05, 0.1) is 12.9 Å². The van der Waals surface area contributed by atoms with Gasteiger partial charge in [-0.25, -0.2) is 0 Å². The summed E-state index contributed by atoms with van der Waals surface area (Å²) >= 11 is 0. The first kappa shape index (κ1) is 33.2. The van der Waals surface area contributed by atoms with Crippen LogP contribution >= 0.6 is 0 Å². The van der Waals surface area contributed by atoms with Gasteiger partial charge < -0.3 is 18.6 Å². The van der Waals surface area contributed by atoms with E-state index in [-0.39, 0.29) is 6.61 Å². The van der Waals surface area contributed by atoms with Crippen molar-refractivity contribution in [1.82, 2.24) is 0 Å². The zero-order valence-electron chi connectivity index (χ0n) is 24.7. The Morgan fingerprint density at radius 1 is 1.02 bits per heavy atom. The molecular formula is C28H37N3O9SSi. The van der Waals surface area contributed by atoms with Crippen molar-refractivity contribution >= 4 is 40.7 Å². The minimum absolute atomic E-state index is 0.379. The highest BCUT2D eigenvalue weighted by Gasteiger charge is 2.63. The van der Waals surface area contributed by atoms with Gasteiger partial charge >= 0.3 is 11.9 Å². The van der Waals surface area contributed by atoms with Gasteiger partial charge in [0.25, 0.3) is 18.4 Å². The molecule has 12 nitrogen and oxygen atoms in total. The van der Waals surface area contributed by atoms with Gasteiger partial charge in [0.15, 0.2) is 6.10 Å². The van der Waals surface area contributed by atoms with E-state index in [1.807, 2.05) is 81.4 Å². The zero-order valence-corrected chi connectivity index (χ0v) is 26.5. The molecule has 1 saturated heterocycles. The molecule has 2 aromatic rings. The molecule has 1 aliphatic rings. The van der Waals surface area contributed by atoms with Gasteiger partial charge in [-0.05, 0) is 27.9 Å². The van der Waals surface area contributed by atoms with E-state index >= 15 is 0 Å². The van der Waals surface area contributed by atoms with Crippen LogP contribution in [0.15, 0.2) is 65.8 Å². The molecule has 0 radical (unpaired) electrons. The van der Waals surface area contributed by atoms with Crippen LogP contribution < -0.4 is 10.4 Å². The Balaban J connectivity index is 2.29. The van der Waals surface area contributed by atoms with Gasteiger partial charge in [0.1, 0.15) is 17.7 Å². The lowest BCUT2D eigenvalue weighted by atomic mass is 9.89. The summed E-state index contributed by atoms with van der Waals surface area (Å²) in [7, 11) is -7.34. The first-order chi connectivity index (χ1) is 19.6. The number of esters is 2. The Bertz CT molecular complexity index is 1370. The Kier molecular flexibility index (Phi) is 10.2. The van der Waals surface area contributed by atoms with E-state index in [4.69, 9.17) is 22.8 Å². The first-order valence-corrected chi connectivity index (χ1v) is 17.0. The van der Waals surface area contributed by atoms with Crippen molar-refractivity contribution in [3.8, 4) is 0 Å². The van der Waals surface area contributed by atoms with Gasteiger partial charge in [-0.15, -0.1) is 0 Å². The quantitative estimate of drug-likeness (QED) is 0.0918. The number of ether oxygens (including phenoxy) is 3. The summed E-state index contributed by atoms with van der Waals surface area (Å²) in [5.41, 5.74) is 7.68. The second-order valence-electron chi connectivity index (χ2n) is 11.2. The standard InChI is InChI=1S/C28H37N3O9SSi/c1-19(40-41(7,34)35)28(25(30-31-29)24(37-20(2)32)26(39-28)38-21(3)33)18-36-42(27(4,5)6,22-14-10-8-11-15-22)23-16-12-9-13-17-23/h8-17,19,24-26H,18H2,1-7H3/t19?,24-,25+,26?,28+/m1/s1. The minimum atomic E-state index is -4.08. The second kappa shape index (κ2) is 12.9. The molecule has 2 unspecified atom stereocenters. The number of hydrogen-bond donors (Lipinski definition) is 0. The molecule has 1 heterocycles. The Hall–Kier alpha value is -3.26. The summed E-state index contributed by atoms with van der Waals surface area (Å²) in [6.07, 6.45) is -3.45. The van der Waals surface area contributed by atoms with Crippen LogP contribution in [0, 0.1) is 0 Å². The molecule has 0 bridgehead atoms. The molecule has 0 saturated carbocycles. The number of azide groups is 1. The average molecular weight is 620 g/mol. The summed E-state index contributed by atoms with van der Waals surface area (Å²) in [5, 5.41) is 5.22. The van der Waals surface area contributed by atoms with Gasteiger partial charge in [-0.1, -0.05) is 86.5 Å². The molecule has 0 aromatic heterocycles. The van der Waals surface area contributed by atoms with Gasteiger partial charge in [0, 0.05) is 18.8 Å². The lowest BCUT2D eigenvalue weighted by Gasteiger charge is -2.46. The molecule has 0 amide bonds. The molecule has 1 fully saturated rings. The van der Waals surface area contributed by atoms with Crippen LogP contribution in [-0.2, 0) is 42.5 Å². The molecule has 42 heavy (non-hydrogen) atoms. The van der Waals surface area contributed by atoms with Crippen LogP contribution in [0.3, 0.4) is 0 Å². The van der Waals surface area contributed by atoms with Gasteiger partial charge in [-0.2, -0.15) is 8.42 Å². The number of carbonyl (C=O) groups excluding carboxylic acids is 2. The van der Waals surface area contributed by atoms with Crippen molar-refractivity contribution in [2.45, 2.75) is 76.7 Å². The molecular weight excluding hydrogens is 582 g/mol. The average Bonchev–Trinajstić information content (AvgIpc) is 3.16. The van der Waals surface area contributed by atoms with Crippen molar-refractivity contribution < 1.29 is 40.8 Å². The fraction of sp³-hybridized carbons (Fsp3) is 0.500. The topological polar surface area (TPSA) is 163 Å². The molecule has 0 spiro atoms. The summed E-state index contributed by atoms with van der Waals surface area (Å²) in [5.74, 6) is -1.53. The van der Waals surface area contributed by atoms with Crippen LogP contribution in [0.2, 0.25) is 5.04 Å². The molecule has 2 aromatic carbocycles. The predicted octanol–water partition coefficient (Wildman–Crippen LogP) is 3.20. The molecule has 3 rings (SSSR count). The number of nitrogens with zero attached hydrogens (tertiary/aromatic N) is 3. The molecule has 5 atom stereocenters. The Morgan fingerprint density at radius 3 is 1.93 bits per heavy atom.